The standard InChI is InChI=1S/C27H28N2O3S/c1-2-32-24-14-8-21(9-15-24)18-28-26(31)22-10-12-23(13-11-22)27-29(25(30)19-33-27)17-16-20-6-4-3-5-7-20/h3-15,27H,2,16-19H2,1H3,(H,28,31)/t27-/m0/s1. The van der Waals surface area contributed by atoms with E-state index in [1.54, 1.807) is 11.8 Å². The van der Waals surface area contributed by atoms with Gasteiger partial charge in [0, 0.05) is 18.7 Å². The highest BCUT2D eigenvalue weighted by Crippen LogP contribution is 2.38. The van der Waals surface area contributed by atoms with Gasteiger partial charge >= 0.3 is 0 Å². The summed E-state index contributed by atoms with van der Waals surface area (Å²) < 4.78 is 5.45. The Morgan fingerprint density at radius 3 is 2.42 bits per heavy atom. The molecular weight excluding hydrogens is 432 g/mol. The predicted octanol–water partition coefficient (Wildman–Crippen LogP) is 4.83. The number of nitrogens with zero attached hydrogens (tertiary/aromatic N) is 1. The number of rotatable bonds is 9. The normalized spacial score (nSPS) is 15.5. The van der Waals surface area contributed by atoms with Gasteiger partial charge in [0.2, 0.25) is 5.91 Å². The van der Waals surface area contributed by atoms with Gasteiger partial charge in [-0.15, -0.1) is 11.8 Å². The van der Waals surface area contributed by atoms with Crippen molar-refractivity contribution in [3.8, 4) is 5.75 Å². The lowest BCUT2D eigenvalue weighted by molar-refractivity contribution is -0.128. The second-order valence-corrected chi connectivity index (χ2v) is 8.94. The molecule has 5 nitrogen and oxygen atoms in total. The van der Waals surface area contributed by atoms with E-state index in [0.29, 0.717) is 31.0 Å². The third-order valence-corrected chi connectivity index (χ3v) is 6.85. The van der Waals surface area contributed by atoms with Gasteiger partial charge in [-0.25, -0.2) is 0 Å². The summed E-state index contributed by atoms with van der Waals surface area (Å²) in [6, 6.07) is 25.5. The molecule has 3 aromatic rings. The molecule has 3 aromatic carbocycles. The van der Waals surface area contributed by atoms with Gasteiger partial charge in [-0.05, 0) is 54.3 Å². The molecule has 0 radical (unpaired) electrons. The summed E-state index contributed by atoms with van der Waals surface area (Å²) >= 11 is 1.64. The Morgan fingerprint density at radius 2 is 1.73 bits per heavy atom. The summed E-state index contributed by atoms with van der Waals surface area (Å²) in [6.07, 6.45) is 0.829. The number of ether oxygens (including phenoxy) is 1. The molecule has 0 saturated carbocycles. The molecule has 0 spiro atoms. The van der Waals surface area contributed by atoms with Crippen LogP contribution in [0.25, 0.3) is 0 Å². The Morgan fingerprint density at radius 1 is 1.00 bits per heavy atom. The zero-order chi connectivity index (χ0) is 23.0. The zero-order valence-corrected chi connectivity index (χ0v) is 19.5. The van der Waals surface area contributed by atoms with Crippen LogP contribution in [0.4, 0.5) is 0 Å². The molecule has 1 heterocycles. The molecule has 0 aliphatic carbocycles. The third-order valence-electron chi connectivity index (χ3n) is 5.60. The van der Waals surface area contributed by atoms with Crippen molar-refractivity contribution in [1.82, 2.24) is 10.2 Å². The fraction of sp³-hybridized carbons (Fsp3) is 0.259. The highest BCUT2D eigenvalue weighted by molar-refractivity contribution is 8.00. The molecule has 0 bridgehead atoms. The summed E-state index contributed by atoms with van der Waals surface area (Å²) in [7, 11) is 0. The summed E-state index contributed by atoms with van der Waals surface area (Å²) in [4.78, 5) is 27.0. The average molecular weight is 461 g/mol. The van der Waals surface area contributed by atoms with E-state index < -0.39 is 0 Å². The molecule has 0 unspecified atom stereocenters. The lowest BCUT2D eigenvalue weighted by atomic mass is 10.1. The van der Waals surface area contributed by atoms with E-state index in [4.69, 9.17) is 4.74 Å². The van der Waals surface area contributed by atoms with Gasteiger partial charge in [-0.2, -0.15) is 0 Å². The number of carbonyl (C=O) groups is 2. The number of nitrogens with one attached hydrogen (secondary N) is 1. The predicted molar refractivity (Wildman–Crippen MR) is 132 cm³/mol. The minimum atomic E-state index is -0.119. The average Bonchev–Trinajstić information content (AvgIpc) is 3.23. The highest BCUT2D eigenvalue weighted by atomic mass is 32.2. The maximum absolute atomic E-state index is 12.6. The molecule has 6 heteroatoms. The first-order chi connectivity index (χ1) is 16.1. The SMILES string of the molecule is CCOc1ccc(CNC(=O)c2ccc([C@@H]3SCC(=O)N3CCc3ccccc3)cc2)cc1. The lowest BCUT2D eigenvalue weighted by Gasteiger charge is -2.24. The first-order valence-corrected chi connectivity index (χ1v) is 12.2. The van der Waals surface area contributed by atoms with Gasteiger partial charge in [0.05, 0.1) is 12.4 Å². The maximum atomic E-state index is 12.6. The van der Waals surface area contributed by atoms with E-state index in [0.717, 1.165) is 23.3 Å². The molecule has 1 atom stereocenters. The molecule has 1 fully saturated rings. The van der Waals surface area contributed by atoms with Crippen LogP contribution < -0.4 is 10.1 Å². The number of hydrogen-bond acceptors (Lipinski definition) is 4. The van der Waals surface area contributed by atoms with Gasteiger partial charge in [0.25, 0.3) is 5.91 Å². The van der Waals surface area contributed by atoms with E-state index in [1.807, 2.05) is 78.6 Å². The van der Waals surface area contributed by atoms with Crippen molar-refractivity contribution < 1.29 is 14.3 Å². The fourth-order valence-electron chi connectivity index (χ4n) is 3.82. The van der Waals surface area contributed by atoms with Crippen LogP contribution in [0.15, 0.2) is 78.9 Å². The molecule has 2 amide bonds. The summed E-state index contributed by atoms with van der Waals surface area (Å²) in [5.41, 5.74) is 3.88. The van der Waals surface area contributed by atoms with Gasteiger partial charge in [0.1, 0.15) is 11.1 Å². The van der Waals surface area contributed by atoms with Gasteiger partial charge in [0.15, 0.2) is 0 Å². The van der Waals surface area contributed by atoms with Crippen molar-refractivity contribution in [2.45, 2.75) is 25.3 Å². The third kappa shape index (κ3) is 5.96. The number of hydrogen-bond donors (Lipinski definition) is 1. The van der Waals surface area contributed by atoms with E-state index in [-0.39, 0.29) is 17.2 Å². The lowest BCUT2D eigenvalue weighted by Crippen LogP contribution is -2.30. The zero-order valence-electron chi connectivity index (χ0n) is 18.7. The van der Waals surface area contributed by atoms with Crippen molar-refractivity contribution in [2.24, 2.45) is 0 Å². The van der Waals surface area contributed by atoms with Crippen molar-refractivity contribution >= 4 is 23.6 Å². The topological polar surface area (TPSA) is 58.6 Å². The van der Waals surface area contributed by atoms with Crippen LogP contribution in [0.5, 0.6) is 5.75 Å². The molecule has 1 aliphatic heterocycles. The molecule has 4 rings (SSSR count). The van der Waals surface area contributed by atoms with Crippen LogP contribution in [0.2, 0.25) is 0 Å². The smallest absolute Gasteiger partial charge is 0.251 e. The van der Waals surface area contributed by atoms with Crippen molar-refractivity contribution in [2.75, 3.05) is 18.9 Å². The van der Waals surface area contributed by atoms with E-state index in [1.165, 1.54) is 5.56 Å². The molecule has 1 N–H and O–H groups in total. The fourth-order valence-corrected chi connectivity index (χ4v) is 5.04. The number of thioether (sulfide) groups is 1. The molecule has 33 heavy (non-hydrogen) atoms. The maximum Gasteiger partial charge on any atom is 0.251 e. The second-order valence-electron chi connectivity index (χ2n) is 7.87. The summed E-state index contributed by atoms with van der Waals surface area (Å²) in [5.74, 6) is 1.36. The Hall–Kier alpha value is -3.25. The van der Waals surface area contributed by atoms with Crippen molar-refractivity contribution in [3.05, 3.63) is 101 Å². The van der Waals surface area contributed by atoms with E-state index in [9.17, 15) is 9.59 Å². The van der Waals surface area contributed by atoms with Crippen LogP contribution in [-0.4, -0.2) is 35.6 Å². The molecule has 170 valence electrons. The van der Waals surface area contributed by atoms with Crippen LogP contribution in [0, 0.1) is 0 Å². The first kappa shape index (κ1) is 22.9. The summed E-state index contributed by atoms with van der Waals surface area (Å²) in [6.45, 7) is 3.72. The number of amides is 2. The van der Waals surface area contributed by atoms with Crippen LogP contribution >= 0.6 is 11.8 Å². The Kier molecular flexibility index (Phi) is 7.68. The van der Waals surface area contributed by atoms with Crippen molar-refractivity contribution in [3.63, 3.8) is 0 Å². The Bertz CT molecular complexity index is 1070. The second kappa shape index (κ2) is 11.1. The van der Waals surface area contributed by atoms with Gasteiger partial charge in [-0.3, -0.25) is 9.59 Å². The van der Waals surface area contributed by atoms with Crippen LogP contribution in [-0.2, 0) is 17.8 Å². The molecule has 1 saturated heterocycles. The van der Waals surface area contributed by atoms with Gasteiger partial charge in [-0.1, -0.05) is 54.6 Å². The number of benzene rings is 3. The molecular formula is C27H28N2O3S. The van der Waals surface area contributed by atoms with Crippen LogP contribution in [0.1, 0.15) is 39.3 Å². The molecule has 0 aromatic heterocycles. The quantitative estimate of drug-likeness (QED) is 0.497. The van der Waals surface area contributed by atoms with Crippen LogP contribution in [0.3, 0.4) is 0 Å². The Labute approximate surface area is 199 Å². The van der Waals surface area contributed by atoms with E-state index in [2.05, 4.69) is 17.4 Å². The Balaban J connectivity index is 1.34. The summed E-state index contributed by atoms with van der Waals surface area (Å²) in [5, 5.41) is 2.95. The van der Waals surface area contributed by atoms with Crippen molar-refractivity contribution in [1.29, 1.82) is 0 Å². The van der Waals surface area contributed by atoms with E-state index >= 15 is 0 Å². The number of carbonyl (C=O) groups excluding carboxylic acids is 2. The largest absolute Gasteiger partial charge is 0.494 e. The minimum Gasteiger partial charge on any atom is -0.494 e. The monoisotopic (exact) mass is 460 g/mol. The first-order valence-electron chi connectivity index (χ1n) is 11.2. The highest BCUT2D eigenvalue weighted by Gasteiger charge is 2.32. The van der Waals surface area contributed by atoms with Gasteiger partial charge < -0.3 is 15.0 Å². The minimum absolute atomic E-state index is 0.0119. The molecule has 1 aliphatic rings.